The van der Waals surface area contributed by atoms with Crippen LogP contribution >= 0.6 is 11.6 Å². The number of nitriles is 1. The molecule has 0 saturated carbocycles. The Kier molecular flexibility index (Phi) is 5.13. The molecule has 0 fully saturated rings. The van der Waals surface area contributed by atoms with E-state index >= 15 is 0 Å². The topological polar surface area (TPSA) is 62.0 Å². The second-order valence-electron chi connectivity index (χ2n) is 3.72. The molecular weight excluding hydrogens is 240 g/mol. The number of hydrogen-bond acceptors (Lipinski definition) is 5. The third-order valence-electron chi connectivity index (χ3n) is 2.41. The summed E-state index contributed by atoms with van der Waals surface area (Å²) in [5.74, 6) is 1.23. The van der Waals surface area contributed by atoms with Crippen molar-refractivity contribution in [3.05, 3.63) is 17.0 Å². The van der Waals surface area contributed by atoms with Gasteiger partial charge < -0.3 is 9.64 Å². The third-order valence-corrected chi connectivity index (χ3v) is 2.60. The Bertz CT molecular complexity index is 418. The maximum Gasteiger partial charge on any atom is 0.158 e. The first kappa shape index (κ1) is 13.7. The van der Waals surface area contributed by atoms with E-state index in [1.54, 1.807) is 13.2 Å². The van der Waals surface area contributed by atoms with Gasteiger partial charge in [0.2, 0.25) is 0 Å². The number of halogens is 1. The molecule has 0 saturated heterocycles. The zero-order chi connectivity index (χ0) is 12.8. The molecule has 0 N–H and O–H groups in total. The van der Waals surface area contributed by atoms with Crippen LogP contribution < -0.4 is 4.90 Å². The van der Waals surface area contributed by atoms with E-state index in [4.69, 9.17) is 21.6 Å². The maximum atomic E-state index is 8.67. The van der Waals surface area contributed by atoms with Gasteiger partial charge >= 0.3 is 0 Å². The van der Waals surface area contributed by atoms with Crippen LogP contribution in [-0.2, 0) is 11.3 Å². The molecule has 6 heteroatoms. The number of nitrogens with zero attached hydrogens (tertiary/aromatic N) is 4. The first-order valence-corrected chi connectivity index (χ1v) is 5.58. The molecule has 1 aromatic heterocycles. The number of anilines is 1. The highest BCUT2D eigenvalue weighted by Crippen LogP contribution is 2.18. The minimum absolute atomic E-state index is 0.0707. The molecule has 1 unspecified atom stereocenters. The Morgan fingerprint density at radius 3 is 2.88 bits per heavy atom. The Morgan fingerprint density at radius 2 is 2.29 bits per heavy atom. The standard InChI is InChI=1S/C11H15ClN4O/c1-8(4-5-13)16(2)11-6-9(12)14-10(15-11)7-17-3/h6,8H,4,7H2,1-3H3. The molecule has 0 amide bonds. The molecular formula is C11H15ClN4O. The molecule has 0 radical (unpaired) electrons. The summed E-state index contributed by atoms with van der Waals surface area (Å²) in [7, 11) is 3.45. The van der Waals surface area contributed by atoms with E-state index in [1.807, 2.05) is 18.9 Å². The van der Waals surface area contributed by atoms with Gasteiger partial charge in [-0.1, -0.05) is 11.6 Å². The van der Waals surface area contributed by atoms with E-state index in [2.05, 4.69) is 16.0 Å². The smallest absolute Gasteiger partial charge is 0.158 e. The van der Waals surface area contributed by atoms with Gasteiger partial charge in [0.1, 0.15) is 17.6 Å². The first-order valence-electron chi connectivity index (χ1n) is 5.20. The van der Waals surface area contributed by atoms with E-state index in [9.17, 15) is 0 Å². The number of hydrogen-bond donors (Lipinski definition) is 0. The van der Waals surface area contributed by atoms with Gasteiger partial charge in [-0.05, 0) is 6.92 Å². The van der Waals surface area contributed by atoms with Gasteiger partial charge in [-0.3, -0.25) is 0 Å². The van der Waals surface area contributed by atoms with Crippen molar-refractivity contribution in [1.82, 2.24) is 9.97 Å². The van der Waals surface area contributed by atoms with Gasteiger partial charge in [0, 0.05) is 26.3 Å². The highest BCUT2D eigenvalue weighted by molar-refractivity contribution is 6.29. The second kappa shape index (κ2) is 6.38. The lowest BCUT2D eigenvalue weighted by molar-refractivity contribution is 0.178. The lowest BCUT2D eigenvalue weighted by atomic mass is 10.2. The average molecular weight is 255 g/mol. The summed E-state index contributed by atoms with van der Waals surface area (Å²) in [5, 5.41) is 9.04. The normalized spacial score (nSPS) is 11.9. The molecule has 1 heterocycles. The molecule has 0 aliphatic heterocycles. The van der Waals surface area contributed by atoms with E-state index < -0.39 is 0 Å². The van der Waals surface area contributed by atoms with Gasteiger partial charge in [0.25, 0.3) is 0 Å². The summed E-state index contributed by atoms with van der Waals surface area (Å²) >= 11 is 5.91. The van der Waals surface area contributed by atoms with Gasteiger partial charge in [0.05, 0.1) is 12.5 Å². The minimum atomic E-state index is 0.0707. The summed E-state index contributed by atoms with van der Waals surface area (Å²) in [6.45, 7) is 2.27. The van der Waals surface area contributed by atoms with Crippen LogP contribution in [0.25, 0.3) is 0 Å². The van der Waals surface area contributed by atoms with E-state index in [1.165, 1.54) is 0 Å². The van der Waals surface area contributed by atoms with Gasteiger partial charge in [0.15, 0.2) is 5.82 Å². The molecule has 0 aliphatic rings. The van der Waals surface area contributed by atoms with Crippen LogP contribution in [0, 0.1) is 11.3 Å². The Hall–Kier alpha value is -1.38. The Morgan fingerprint density at radius 1 is 1.59 bits per heavy atom. The van der Waals surface area contributed by atoms with Crippen molar-refractivity contribution < 1.29 is 4.74 Å². The highest BCUT2D eigenvalue weighted by atomic mass is 35.5. The molecule has 0 aromatic carbocycles. The van der Waals surface area contributed by atoms with Crippen molar-refractivity contribution in [2.24, 2.45) is 0 Å². The van der Waals surface area contributed by atoms with Crippen LogP contribution in [0.15, 0.2) is 6.07 Å². The lowest BCUT2D eigenvalue weighted by Crippen LogP contribution is -2.29. The van der Waals surface area contributed by atoms with E-state index in [-0.39, 0.29) is 6.04 Å². The van der Waals surface area contributed by atoms with Crippen LogP contribution in [0.4, 0.5) is 5.82 Å². The molecule has 1 aromatic rings. The summed E-state index contributed by atoms with van der Waals surface area (Å²) in [4.78, 5) is 10.3. The molecule has 0 aliphatic carbocycles. The van der Waals surface area contributed by atoms with Crippen molar-refractivity contribution in [3.8, 4) is 6.07 Å². The summed E-state index contributed by atoms with van der Waals surface area (Å²) in [6, 6.07) is 3.88. The molecule has 1 atom stereocenters. The van der Waals surface area contributed by atoms with Gasteiger partial charge in [-0.25, -0.2) is 9.97 Å². The number of methoxy groups -OCH3 is 1. The third kappa shape index (κ3) is 3.84. The average Bonchev–Trinajstić information content (AvgIpc) is 2.28. The second-order valence-corrected chi connectivity index (χ2v) is 4.11. The molecule has 0 bridgehead atoms. The van der Waals surface area contributed by atoms with Crippen molar-refractivity contribution in [2.45, 2.75) is 26.0 Å². The van der Waals surface area contributed by atoms with Crippen molar-refractivity contribution in [3.63, 3.8) is 0 Å². The summed E-state index contributed by atoms with van der Waals surface area (Å²) < 4.78 is 4.97. The lowest BCUT2D eigenvalue weighted by Gasteiger charge is -2.24. The zero-order valence-electron chi connectivity index (χ0n) is 10.1. The van der Waals surface area contributed by atoms with Crippen molar-refractivity contribution >= 4 is 17.4 Å². The molecule has 17 heavy (non-hydrogen) atoms. The Labute approximate surface area is 106 Å². The monoisotopic (exact) mass is 254 g/mol. The highest BCUT2D eigenvalue weighted by Gasteiger charge is 2.13. The van der Waals surface area contributed by atoms with Crippen LogP contribution in [-0.4, -0.2) is 30.2 Å². The largest absolute Gasteiger partial charge is 0.377 e. The van der Waals surface area contributed by atoms with Crippen molar-refractivity contribution in [1.29, 1.82) is 5.26 Å². The minimum Gasteiger partial charge on any atom is -0.377 e. The predicted octanol–water partition coefficient (Wildman–Crippen LogP) is 2.01. The number of rotatable bonds is 5. The molecule has 0 spiro atoms. The Balaban J connectivity index is 2.93. The van der Waals surface area contributed by atoms with Crippen molar-refractivity contribution in [2.75, 3.05) is 19.1 Å². The van der Waals surface area contributed by atoms with Gasteiger partial charge in [-0.2, -0.15) is 5.26 Å². The predicted molar refractivity (Wildman–Crippen MR) is 65.9 cm³/mol. The van der Waals surface area contributed by atoms with Crippen LogP contribution in [0.1, 0.15) is 19.2 Å². The molecule has 5 nitrogen and oxygen atoms in total. The van der Waals surface area contributed by atoms with Crippen LogP contribution in [0.2, 0.25) is 5.15 Å². The van der Waals surface area contributed by atoms with E-state index in [0.717, 1.165) is 0 Å². The van der Waals surface area contributed by atoms with Crippen LogP contribution in [0.5, 0.6) is 0 Å². The fourth-order valence-electron chi connectivity index (χ4n) is 1.32. The number of ether oxygens (including phenoxy) is 1. The SMILES string of the molecule is COCc1nc(Cl)cc(N(C)C(C)CC#N)n1. The van der Waals surface area contributed by atoms with Gasteiger partial charge in [-0.15, -0.1) is 0 Å². The molecule has 1 rings (SSSR count). The maximum absolute atomic E-state index is 8.67. The quantitative estimate of drug-likeness (QED) is 0.753. The van der Waals surface area contributed by atoms with E-state index in [0.29, 0.717) is 29.8 Å². The number of aromatic nitrogens is 2. The zero-order valence-corrected chi connectivity index (χ0v) is 10.9. The fraction of sp³-hybridized carbons (Fsp3) is 0.545. The fourth-order valence-corrected chi connectivity index (χ4v) is 1.52. The summed E-state index contributed by atoms with van der Waals surface area (Å²) in [5.41, 5.74) is 0. The molecule has 92 valence electrons. The summed E-state index contributed by atoms with van der Waals surface area (Å²) in [6.07, 6.45) is 0.428. The van der Waals surface area contributed by atoms with Crippen LogP contribution in [0.3, 0.4) is 0 Å². The first-order chi connectivity index (χ1) is 8.08.